The zero-order valence-electron chi connectivity index (χ0n) is 14.8. The first-order chi connectivity index (χ1) is 12.8. The van der Waals surface area contributed by atoms with Crippen LogP contribution < -0.4 is 14.2 Å². The van der Waals surface area contributed by atoms with Gasteiger partial charge in [0.2, 0.25) is 6.86 Å². The lowest BCUT2D eigenvalue weighted by Crippen LogP contribution is -2.44. The fraction of sp³-hybridized carbons (Fsp3) is 0.429. The van der Waals surface area contributed by atoms with E-state index in [1.165, 1.54) is 5.56 Å². The third kappa shape index (κ3) is 3.93. The molecule has 0 aromatic heterocycles. The second-order valence-corrected chi connectivity index (χ2v) is 6.92. The first-order valence-electron chi connectivity index (χ1n) is 9.21. The van der Waals surface area contributed by atoms with Crippen LogP contribution in [0, 0.1) is 0 Å². The van der Waals surface area contributed by atoms with E-state index in [1.54, 1.807) is 6.07 Å². The van der Waals surface area contributed by atoms with Gasteiger partial charge in [-0.05, 0) is 55.1 Å². The molecule has 2 aliphatic rings. The summed E-state index contributed by atoms with van der Waals surface area (Å²) in [5.41, 5.74) is 1.21. The maximum atomic E-state index is 12.4. The van der Waals surface area contributed by atoms with Crippen LogP contribution in [0.2, 0.25) is 0 Å². The number of benzene rings is 2. The van der Waals surface area contributed by atoms with Gasteiger partial charge in [0.25, 0.3) is 0 Å². The Morgan fingerprint density at radius 3 is 2.88 bits per heavy atom. The van der Waals surface area contributed by atoms with Crippen LogP contribution in [-0.4, -0.2) is 44.1 Å². The largest absolute Gasteiger partial charge is 0.486 e. The molecule has 0 bridgehead atoms. The molecule has 0 amide bonds. The Bertz CT molecular complexity index is 739. The van der Waals surface area contributed by atoms with Crippen LogP contribution in [0.15, 0.2) is 48.5 Å². The van der Waals surface area contributed by atoms with Crippen molar-refractivity contribution in [2.45, 2.75) is 24.9 Å². The summed E-state index contributed by atoms with van der Waals surface area (Å²) >= 11 is 0. The molecule has 1 saturated heterocycles. The van der Waals surface area contributed by atoms with Crippen LogP contribution in [0.25, 0.3) is 0 Å². The van der Waals surface area contributed by atoms with Gasteiger partial charge in [-0.2, -0.15) is 0 Å². The van der Waals surface area contributed by atoms with Crippen molar-refractivity contribution in [3.63, 3.8) is 0 Å². The number of piperidine rings is 1. The minimum absolute atomic E-state index is 0.0462. The Labute approximate surface area is 153 Å². The van der Waals surface area contributed by atoms with E-state index >= 15 is 0 Å². The van der Waals surface area contributed by atoms with Gasteiger partial charge in [-0.3, -0.25) is 4.90 Å². The molecular formula is C21H24FNO3. The number of likely N-dealkylation sites (tertiary alicyclic amines) is 1. The van der Waals surface area contributed by atoms with Crippen molar-refractivity contribution in [1.29, 1.82) is 0 Å². The van der Waals surface area contributed by atoms with Gasteiger partial charge in [-0.25, -0.2) is 4.39 Å². The summed E-state index contributed by atoms with van der Waals surface area (Å²) in [7, 11) is 0. The molecule has 2 heterocycles. The molecule has 4 rings (SSSR count). The molecule has 0 spiro atoms. The summed E-state index contributed by atoms with van der Waals surface area (Å²) in [6, 6.07) is 15.6. The molecule has 4 nitrogen and oxygen atoms in total. The number of alkyl halides is 1. The van der Waals surface area contributed by atoms with Crippen LogP contribution in [0.1, 0.15) is 24.3 Å². The first-order valence-corrected chi connectivity index (χ1v) is 9.21. The maximum Gasteiger partial charge on any atom is 0.228 e. The molecule has 2 aliphatic heterocycles. The molecule has 1 fully saturated rings. The minimum atomic E-state index is -0.791. The van der Waals surface area contributed by atoms with Gasteiger partial charge in [-0.1, -0.05) is 24.3 Å². The van der Waals surface area contributed by atoms with Crippen LogP contribution in [0.4, 0.5) is 4.39 Å². The summed E-state index contributed by atoms with van der Waals surface area (Å²) in [5, 5.41) is 0. The molecule has 2 atom stereocenters. The average molecular weight is 357 g/mol. The van der Waals surface area contributed by atoms with E-state index in [4.69, 9.17) is 14.2 Å². The highest BCUT2D eigenvalue weighted by molar-refractivity contribution is 5.40. The number of para-hydroxylation sites is 2. The molecule has 0 N–H and O–H groups in total. The van der Waals surface area contributed by atoms with Gasteiger partial charge >= 0.3 is 0 Å². The molecule has 2 aromatic carbocycles. The van der Waals surface area contributed by atoms with E-state index in [-0.39, 0.29) is 6.10 Å². The fourth-order valence-corrected chi connectivity index (χ4v) is 3.86. The number of halogens is 1. The summed E-state index contributed by atoms with van der Waals surface area (Å²) in [6.07, 6.45) is 2.33. The topological polar surface area (TPSA) is 30.9 Å². The standard InChI is InChI=1S/C21H24FNO3/c22-15-25-18-7-3-5-16(11-18)17-6-4-10-23(12-17)13-19-14-24-20-8-1-2-9-21(20)26-19/h1-3,5,7-9,11,17,19H,4,6,10,12-15H2. The molecule has 0 aliphatic carbocycles. The summed E-state index contributed by atoms with van der Waals surface area (Å²) in [6.45, 7) is 2.68. The van der Waals surface area contributed by atoms with E-state index in [0.29, 0.717) is 18.3 Å². The van der Waals surface area contributed by atoms with Gasteiger partial charge in [0.15, 0.2) is 11.5 Å². The van der Waals surface area contributed by atoms with Crippen LogP contribution in [0.3, 0.4) is 0 Å². The number of nitrogens with zero attached hydrogens (tertiary/aromatic N) is 1. The maximum absolute atomic E-state index is 12.4. The number of ether oxygens (including phenoxy) is 3. The normalized spacial score (nSPS) is 22.8. The Kier molecular flexibility index (Phi) is 5.25. The molecule has 5 heteroatoms. The monoisotopic (exact) mass is 357 g/mol. The van der Waals surface area contributed by atoms with E-state index in [2.05, 4.69) is 11.0 Å². The Morgan fingerprint density at radius 2 is 2.00 bits per heavy atom. The van der Waals surface area contributed by atoms with Crippen molar-refractivity contribution in [1.82, 2.24) is 4.90 Å². The van der Waals surface area contributed by atoms with E-state index < -0.39 is 6.86 Å². The van der Waals surface area contributed by atoms with Crippen molar-refractivity contribution in [3.8, 4) is 17.2 Å². The van der Waals surface area contributed by atoms with Crippen molar-refractivity contribution in [2.24, 2.45) is 0 Å². The highest BCUT2D eigenvalue weighted by Gasteiger charge is 2.27. The Hall–Kier alpha value is -2.27. The lowest BCUT2D eigenvalue weighted by atomic mass is 9.90. The van der Waals surface area contributed by atoms with Gasteiger partial charge in [0.05, 0.1) is 0 Å². The molecule has 138 valence electrons. The van der Waals surface area contributed by atoms with Crippen LogP contribution in [-0.2, 0) is 0 Å². The first kappa shape index (κ1) is 17.2. The molecular weight excluding hydrogens is 333 g/mol. The van der Waals surface area contributed by atoms with Gasteiger partial charge < -0.3 is 14.2 Å². The minimum Gasteiger partial charge on any atom is -0.486 e. The Morgan fingerprint density at radius 1 is 1.12 bits per heavy atom. The third-order valence-electron chi connectivity index (χ3n) is 5.09. The predicted octanol–water partition coefficient (Wildman–Crippen LogP) is 4.01. The summed E-state index contributed by atoms with van der Waals surface area (Å²) < 4.78 is 29.4. The number of hydrogen-bond donors (Lipinski definition) is 0. The highest BCUT2D eigenvalue weighted by Crippen LogP contribution is 2.32. The smallest absolute Gasteiger partial charge is 0.228 e. The molecule has 0 saturated carbocycles. The summed E-state index contributed by atoms with van der Waals surface area (Å²) in [5.74, 6) is 2.68. The fourth-order valence-electron chi connectivity index (χ4n) is 3.86. The zero-order chi connectivity index (χ0) is 17.8. The number of rotatable bonds is 5. The van der Waals surface area contributed by atoms with Gasteiger partial charge in [-0.15, -0.1) is 0 Å². The molecule has 2 unspecified atom stereocenters. The summed E-state index contributed by atoms with van der Waals surface area (Å²) in [4.78, 5) is 2.44. The van der Waals surface area contributed by atoms with E-state index in [0.717, 1.165) is 44.0 Å². The van der Waals surface area contributed by atoms with Gasteiger partial charge in [0, 0.05) is 13.1 Å². The van der Waals surface area contributed by atoms with Crippen molar-refractivity contribution in [3.05, 3.63) is 54.1 Å². The SMILES string of the molecule is FCOc1cccc(C2CCCN(CC3COc4ccccc4O3)C2)c1. The third-order valence-corrected chi connectivity index (χ3v) is 5.09. The lowest BCUT2D eigenvalue weighted by Gasteiger charge is -2.36. The molecule has 26 heavy (non-hydrogen) atoms. The predicted molar refractivity (Wildman–Crippen MR) is 97.8 cm³/mol. The van der Waals surface area contributed by atoms with Gasteiger partial charge in [0.1, 0.15) is 18.5 Å². The second kappa shape index (κ2) is 7.96. The number of hydrogen-bond acceptors (Lipinski definition) is 4. The van der Waals surface area contributed by atoms with Crippen molar-refractivity contribution in [2.75, 3.05) is 33.1 Å². The van der Waals surface area contributed by atoms with E-state index in [9.17, 15) is 4.39 Å². The molecule has 2 aromatic rings. The average Bonchev–Trinajstić information content (AvgIpc) is 2.69. The van der Waals surface area contributed by atoms with Crippen molar-refractivity contribution >= 4 is 0 Å². The second-order valence-electron chi connectivity index (χ2n) is 6.92. The lowest BCUT2D eigenvalue weighted by molar-refractivity contribution is 0.0504. The zero-order valence-corrected chi connectivity index (χ0v) is 14.8. The number of fused-ring (bicyclic) bond motifs is 1. The van der Waals surface area contributed by atoms with Crippen molar-refractivity contribution < 1.29 is 18.6 Å². The Balaban J connectivity index is 1.38. The van der Waals surface area contributed by atoms with E-state index in [1.807, 2.05) is 36.4 Å². The van der Waals surface area contributed by atoms with Crippen LogP contribution in [0.5, 0.6) is 17.2 Å². The highest BCUT2D eigenvalue weighted by atomic mass is 19.1. The van der Waals surface area contributed by atoms with Crippen LogP contribution >= 0.6 is 0 Å². The molecule has 0 radical (unpaired) electrons. The quantitative estimate of drug-likeness (QED) is 0.809.